The van der Waals surface area contributed by atoms with Crippen LogP contribution in [0.25, 0.3) is 0 Å². The van der Waals surface area contributed by atoms with E-state index in [-0.39, 0.29) is 18.3 Å². The van der Waals surface area contributed by atoms with E-state index < -0.39 is 0 Å². The highest BCUT2D eigenvalue weighted by Crippen LogP contribution is 2.36. The fraction of sp³-hybridized carbons (Fsp3) is 0.389. The second kappa shape index (κ2) is 6.67. The zero-order valence-electron chi connectivity index (χ0n) is 13.0. The summed E-state index contributed by atoms with van der Waals surface area (Å²) in [6, 6.07) is 3.51. The number of nitrogens with one attached hydrogen (secondary N) is 1. The van der Waals surface area contributed by atoms with Crippen molar-refractivity contribution in [1.29, 1.82) is 0 Å². The van der Waals surface area contributed by atoms with E-state index in [0.29, 0.717) is 5.56 Å². The number of carbonyl (C=O) groups excluding carboxylic acids is 1. The third kappa shape index (κ3) is 2.95. The van der Waals surface area contributed by atoms with Gasteiger partial charge in [-0.25, -0.2) is 0 Å². The van der Waals surface area contributed by atoms with Crippen LogP contribution in [0.15, 0.2) is 24.5 Å². The number of aryl methyl sites for hydroxylation is 2. The molecule has 2 heterocycles. The fourth-order valence-corrected chi connectivity index (χ4v) is 3.59. The first-order valence-electron chi connectivity index (χ1n) is 8.08. The van der Waals surface area contributed by atoms with Crippen LogP contribution in [0.2, 0.25) is 0 Å². The number of hydrogen-bond donors (Lipinski definition) is 1. The van der Waals surface area contributed by atoms with Crippen molar-refractivity contribution < 1.29 is 4.79 Å². The van der Waals surface area contributed by atoms with Gasteiger partial charge in [0, 0.05) is 29.3 Å². The normalized spacial score (nSPS) is 15.3. The summed E-state index contributed by atoms with van der Waals surface area (Å²) in [6.07, 6.45) is 11.0. The second-order valence-electron chi connectivity index (χ2n) is 6.09. The van der Waals surface area contributed by atoms with Crippen LogP contribution in [0.5, 0.6) is 0 Å². The maximum absolute atomic E-state index is 12.5. The molecule has 0 fully saturated rings. The average Bonchev–Trinajstić information content (AvgIpc) is 3.03. The number of rotatable bonds is 2. The third-order valence-corrected chi connectivity index (χ3v) is 4.68. The predicted molar refractivity (Wildman–Crippen MR) is 92.3 cm³/mol. The maximum Gasteiger partial charge on any atom is 0.255 e. The Bertz CT molecular complexity index is 731. The Labute approximate surface area is 142 Å². The lowest BCUT2D eigenvalue weighted by molar-refractivity contribution is 0.102. The molecule has 0 saturated heterocycles. The number of pyridine rings is 2. The third-order valence-electron chi connectivity index (χ3n) is 4.68. The molecule has 1 amide bonds. The van der Waals surface area contributed by atoms with Crippen LogP contribution in [-0.2, 0) is 25.7 Å². The van der Waals surface area contributed by atoms with Gasteiger partial charge in [0.1, 0.15) is 0 Å². The van der Waals surface area contributed by atoms with E-state index >= 15 is 0 Å². The van der Waals surface area contributed by atoms with Gasteiger partial charge in [0.15, 0.2) is 0 Å². The van der Waals surface area contributed by atoms with Crippen molar-refractivity contribution in [2.24, 2.45) is 0 Å². The Hall–Kier alpha value is -1.94. The van der Waals surface area contributed by atoms with E-state index in [1.807, 2.05) is 0 Å². The monoisotopic (exact) mass is 329 g/mol. The number of halogens is 1. The summed E-state index contributed by atoms with van der Waals surface area (Å²) in [7, 11) is 0. The second-order valence-corrected chi connectivity index (χ2v) is 6.09. The number of hydrogen-bond acceptors (Lipinski definition) is 3. The van der Waals surface area contributed by atoms with Crippen LogP contribution in [0, 0.1) is 0 Å². The predicted octanol–water partition coefficient (Wildman–Crippen LogP) is 3.52. The highest BCUT2D eigenvalue weighted by Gasteiger charge is 2.25. The molecule has 0 aromatic carbocycles. The SMILES string of the molecule is Cl.O=C(Nc1c2c(nc3c1CCC3)CCCC2)c1ccncc1. The molecule has 120 valence electrons. The number of carbonyl (C=O) groups is 1. The lowest BCUT2D eigenvalue weighted by atomic mass is 9.92. The molecule has 0 aliphatic heterocycles. The Balaban J connectivity index is 0.00000156. The van der Waals surface area contributed by atoms with Gasteiger partial charge in [0.05, 0.1) is 5.69 Å². The van der Waals surface area contributed by atoms with Crippen LogP contribution in [0.4, 0.5) is 5.69 Å². The van der Waals surface area contributed by atoms with Crippen molar-refractivity contribution in [3.8, 4) is 0 Å². The van der Waals surface area contributed by atoms with Crippen molar-refractivity contribution in [3.63, 3.8) is 0 Å². The van der Waals surface area contributed by atoms with Crippen LogP contribution >= 0.6 is 12.4 Å². The smallest absolute Gasteiger partial charge is 0.255 e. The van der Waals surface area contributed by atoms with Gasteiger partial charge in [0.25, 0.3) is 5.91 Å². The van der Waals surface area contributed by atoms with E-state index in [1.54, 1.807) is 24.5 Å². The van der Waals surface area contributed by atoms with E-state index in [4.69, 9.17) is 4.98 Å². The molecule has 2 aromatic rings. The first kappa shape index (κ1) is 15.9. The highest BCUT2D eigenvalue weighted by molar-refractivity contribution is 6.05. The summed E-state index contributed by atoms with van der Waals surface area (Å²) in [5.74, 6) is -0.0459. The van der Waals surface area contributed by atoms with Gasteiger partial charge in [-0.2, -0.15) is 0 Å². The molecule has 1 N–H and O–H groups in total. The van der Waals surface area contributed by atoms with Gasteiger partial charge >= 0.3 is 0 Å². The highest BCUT2D eigenvalue weighted by atomic mass is 35.5. The molecule has 2 aromatic heterocycles. The minimum absolute atomic E-state index is 0. The summed E-state index contributed by atoms with van der Waals surface area (Å²) in [6.45, 7) is 0. The molecule has 0 radical (unpaired) electrons. The molecule has 0 atom stereocenters. The summed E-state index contributed by atoms with van der Waals surface area (Å²) >= 11 is 0. The molecule has 2 aliphatic carbocycles. The molecule has 4 nitrogen and oxygen atoms in total. The van der Waals surface area contributed by atoms with Crippen LogP contribution < -0.4 is 5.32 Å². The fourth-order valence-electron chi connectivity index (χ4n) is 3.59. The van der Waals surface area contributed by atoms with Gasteiger partial charge in [-0.1, -0.05) is 0 Å². The van der Waals surface area contributed by atoms with E-state index in [9.17, 15) is 4.79 Å². The first-order chi connectivity index (χ1) is 10.8. The van der Waals surface area contributed by atoms with Gasteiger partial charge < -0.3 is 5.32 Å². The molecule has 2 aliphatic rings. The number of amides is 1. The molecule has 4 rings (SSSR count). The van der Waals surface area contributed by atoms with Gasteiger partial charge in [0.2, 0.25) is 0 Å². The molecular formula is C18H20ClN3O. The molecule has 0 spiro atoms. The molecule has 5 heteroatoms. The summed E-state index contributed by atoms with van der Waals surface area (Å²) in [5, 5.41) is 3.18. The summed E-state index contributed by atoms with van der Waals surface area (Å²) in [5.41, 5.74) is 6.65. The maximum atomic E-state index is 12.5. The van der Waals surface area contributed by atoms with Gasteiger partial charge in [-0.15, -0.1) is 12.4 Å². The van der Waals surface area contributed by atoms with Crippen LogP contribution in [0.1, 0.15) is 52.1 Å². The standard InChI is InChI=1S/C18H19N3O.ClH/c22-18(12-8-10-19-11-9-12)21-17-13-4-1-2-6-15(13)20-16-7-3-5-14(16)17;/h8-11H,1-7H2,(H,20,21,22);1H. The number of aromatic nitrogens is 2. The zero-order chi connectivity index (χ0) is 14.9. The van der Waals surface area contributed by atoms with Crippen molar-refractivity contribution in [2.45, 2.75) is 44.9 Å². The Morgan fingerprint density at radius 1 is 0.913 bits per heavy atom. The number of anilines is 1. The number of fused-ring (bicyclic) bond motifs is 2. The van der Waals surface area contributed by atoms with Crippen molar-refractivity contribution in [3.05, 3.63) is 52.6 Å². The molecule has 0 saturated carbocycles. The quantitative estimate of drug-likeness (QED) is 0.917. The minimum Gasteiger partial charge on any atom is -0.321 e. The molecular weight excluding hydrogens is 310 g/mol. The molecule has 0 bridgehead atoms. The summed E-state index contributed by atoms with van der Waals surface area (Å²) < 4.78 is 0. The Kier molecular flexibility index (Phi) is 4.62. The lowest BCUT2D eigenvalue weighted by Gasteiger charge is -2.22. The first-order valence-corrected chi connectivity index (χ1v) is 8.08. The minimum atomic E-state index is -0.0459. The van der Waals surface area contributed by atoms with Gasteiger partial charge in [-0.05, 0) is 68.2 Å². The largest absolute Gasteiger partial charge is 0.321 e. The van der Waals surface area contributed by atoms with Crippen molar-refractivity contribution in [1.82, 2.24) is 9.97 Å². The lowest BCUT2D eigenvalue weighted by Crippen LogP contribution is -2.18. The number of nitrogens with zero attached hydrogens (tertiary/aromatic N) is 2. The summed E-state index contributed by atoms with van der Waals surface area (Å²) in [4.78, 5) is 21.4. The van der Waals surface area contributed by atoms with Crippen molar-refractivity contribution >= 4 is 24.0 Å². The van der Waals surface area contributed by atoms with Crippen LogP contribution in [-0.4, -0.2) is 15.9 Å². The molecule has 23 heavy (non-hydrogen) atoms. The van der Waals surface area contributed by atoms with E-state index in [0.717, 1.165) is 37.8 Å². The topological polar surface area (TPSA) is 54.9 Å². The van der Waals surface area contributed by atoms with Gasteiger partial charge in [-0.3, -0.25) is 14.8 Å². The average molecular weight is 330 g/mol. The Morgan fingerprint density at radius 3 is 2.26 bits per heavy atom. The van der Waals surface area contributed by atoms with Crippen molar-refractivity contribution in [2.75, 3.05) is 5.32 Å². The van der Waals surface area contributed by atoms with E-state index in [1.165, 1.54) is 35.4 Å². The zero-order valence-corrected chi connectivity index (χ0v) is 13.8. The van der Waals surface area contributed by atoms with E-state index in [2.05, 4.69) is 10.3 Å². The molecule has 0 unspecified atom stereocenters. The Morgan fingerprint density at radius 2 is 1.52 bits per heavy atom. The van der Waals surface area contributed by atoms with Crippen LogP contribution in [0.3, 0.4) is 0 Å².